The molecule has 106 valence electrons. The lowest BCUT2D eigenvalue weighted by Gasteiger charge is -2.07. The van der Waals surface area contributed by atoms with Crippen LogP contribution in [0.5, 0.6) is 0 Å². The number of aromatic nitrogens is 3. The molecular weight excluding hydrogens is 271 g/mol. The monoisotopic (exact) mass is 283 g/mol. The number of nitrogens with zero attached hydrogens (tertiary/aromatic N) is 3. The topological polar surface area (TPSA) is 47.8 Å². The third-order valence-electron chi connectivity index (χ3n) is 2.71. The van der Waals surface area contributed by atoms with Crippen molar-refractivity contribution in [1.82, 2.24) is 14.8 Å². The van der Waals surface area contributed by atoms with Crippen LogP contribution in [0, 0.1) is 0 Å². The second-order valence-electron chi connectivity index (χ2n) is 4.20. The van der Waals surface area contributed by atoms with E-state index in [4.69, 9.17) is 0 Å². The molecule has 4 nitrogen and oxygen atoms in total. The lowest BCUT2D eigenvalue weighted by molar-refractivity contribution is -0.137. The lowest BCUT2D eigenvalue weighted by Crippen LogP contribution is -2.13. The van der Waals surface area contributed by atoms with Gasteiger partial charge in [-0.2, -0.15) is 18.3 Å². The summed E-state index contributed by atoms with van der Waals surface area (Å²) in [6.45, 7) is 2.50. The third kappa shape index (κ3) is 2.87. The average molecular weight is 283 g/mol. The van der Waals surface area contributed by atoms with Gasteiger partial charge < -0.3 is 0 Å². The number of hydrogen-bond donors (Lipinski definition) is 0. The maximum atomic E-state index is 12.4. The molecule has 0 saturated carbocycles. The normalized spacial score (nSPS) is 11.6. The lowest BCUT2D eigenvalue weighted by atomic mass is 10.1. The zero-order chi connectivity index (χ0) is 14.8. The van der Waals surface area contributed by atoms with E-state index in [2.05, 4.69) is 10.1 Å². The molecule has 0 aliphatic heterocycles. The fourth-order valence-corrected chi connectivity index (χ4v) is 1.74. The van der Waals surface area contributed by atoms with Crippen LogP contribution in [0.25, 0.3) is 0 Å². The van der Waals surface area contributed by atoms with Crippen molar-refractivity contribution in [3.63, 3.8) is 0 Å². The Bertz CT molecular complexity index is 602. The molecule has 0 atom stereocenters. The van der Waals surface area contributed by atoms with E-state index in [-0.39, 0.29) is 5.69 Å². The van der Waals surface area contributed by atoms with Crippen molar-refractivity contribution < 1.29 is 18.0 Å². The highest BCUT2D eigenvalue weighted by Crippen LogP contribution is 2.28. The number of carbonyl (C=O) groups excluding carboxylic acids is 1. The van der Waals surface area contributed by atoms with Gasteiger partial charge in [0.25, 0.3) is 0 Å². The molecular formula is C13H12F3N3O. The van der Waals surface area contributed by atoms with E-state index in [1.807, 2.05) is 6.92 Å². The molecule has 0 aliphatic carbocycles. The molecule has 20 heavy (non-hydrogen) atoms. The predicted molar refractivity (Wildman–Crippen MR) is 65.2 cm³/mol. The predicted octanol–water partition coefficient (Wildman–Crippen LogP) is 2.94. The Morgan fingerprint density at radius 1 is 1.30 bits per heavy atom. The smallest absolute Gasteiger partial charge is 0.285 e. The van der Waals surface area contributed by atoms with E-state index < -0.39 is 17.5 Å². The first-order valence-electron chi connectivity index (χ1n) is 6.03. The number of rotatable bonds is 4. The number of hydrogen-bond acceptors (Lipinski definition) is 3. The van der Waals surface area contributed by atoms with Gasteiger partial charge in [-0.3, -0.25) is 14.5 Å². The Morgan fingerprint density at radius 2 is 2.05 bits per heavy atom. The van der Waals surface area contributed by atoms with Crippen molar-refractivity contribution in [2.45, 2.75) is 26.1 Å². The van der Waals surface area contributed by atoms with Crippen LogP contribution in [0.4, 0.5) is 13.2 Å². The molecule has 0 bridgehead atoms. The van der Waals surface area contributed by atoms with Gasteiger partial charge in [0.2, 0.25) is 5.78 Å². The van der Waals surface area contributed by atoms with Crippen LogP contribution in [-0.4, -0.2) is 20.5 Å². The van der Waals surface area contributed by atoms with Gasteiger partial charge in [-0.25, -0.2) is 0 Å². The number of carbonyl (C=O) groups is 1. The Balaban J connectivity index is 2.27. The van der Waals surface area contributed by atoms with Gasteiger partial charge in [0.05, 0.1) is 5.56 Å². The molecule has 0 spiro atoms. The summed E-state index contributed by atoms with van der Waals surface area (Å²) in [4.78, 5) is 15.8. The first kappa shape index (κ1) is 14.2. The molecule has 0 aliphatic rings. The maximum Gasteiger partial charge on any atom is 0.417 e. The van der Waals surface area contributed by atoms with Crippen molar-refractivity contribution >= 4 is 5.78 Å². The maximum absolute atomic E-state index is 12.4. The molecule has 0 radical (unpaired) electrons. The summed E-state index contributed by atoms with van der Waals surface area (Å²) in [5, 5.41) is 4.00. The largest absolute Gasteiger partial charge is 0.417 e. The number of ketones is 1. The zero-order valence-electron chi connectivity index (χ0n) is 10.7. The van der Waals surface area contributed by atoms with Gasteiger partial charge in [-0.15, -0.1) is 0 Å². The van der Waals surface area contributed by atoms with Gasteiger partial charge in [-0.1, -0.05) is 6.92 Å². The van der Waals surface area contributed by atoms with Crippen LogP contribution in [-0.2, 0) is 12.7 Å². The Labute approximate surface area is 113 Å². The van der Waals surface area contributed by atoms with Gasteiger partial charge in [0.1, 0.15) is 11.4 Å². The minimum absolute atomic E-state index is 0.0316. The van der Waals surface area contributed by atoms with E-state index in [0.29, 0.717) is 18.4 Å². The SMILES string of the molecule is CCCn1nccc1C(=O)c1ccc(C(F)(F)F)cn1. The summed E-state index contributed by atoms with van der Waals surface area (Å²) in [6.07, 6.45) is -1.53. The van der Waals surface area contributed by atoms with Crippen molar-refractivity contribution in [1.29, 1.82) is 0 Å². The summed E-state index contributed by atoms with van der Waals surface area (Å²) < 4.78 is 38.8. The molecule has 2 aromatic rings. The van der Waals surface area contributed by atoms with Crippen LogP contribution in [0.1, 0.15) is 35.1 Å². The van der Waals surface area contributed by atoms with Crippen molar-refractivity contribution in [2.75, 3.05) is 0 Å². The number of aryl methyl sites for hydroxylation is 1. The minimum atomic E-state index is -4.46. The van der Waals surface area contributed by atoms with Crippen LogP contribution >= 0.6 is 0 Å². The van der Waals surface area contributed by atoms with E-state index in [1.165, 1.54) is 16.9 Å². The Kier molecular flexibility index (Phi) is 3.87. The van der Waals surface area contributed by atoms with Crippen molar-refractivity contribution in [3.05, 3.63) is 47.5 Å². The molecule has 0 amide bonds. The Morgan fingerprint density at radius 3 is 2.60 bits per heavy atom. The van der Waals surface area contributed by atoms with Crippen LogP contribution in [0.2, 0.25) is 0 Å². The number of halogens is 3. The molecule has 0 fully saturated rings. The van der Waals surface area contributed by atoms with E-state index in [1.54, 1.807) is 0 Å². The first-order valence-corrected chi connectivity index (χ1v) is 6.03. The quantitative estimate of drug-likeness (QED) is 0.810. The molecule has 2 aromatic heterocycles. The molecule has 7 heteroatoms. The van der Waals surface area contributed by atoms with Gasteiger partial charge in [0, 0.05) is 18.9 Å². The molecule has 0 unspecified atom stereocenters. The number of pyridine rings is 1. The summed E-state index contributed by atoms with van der Waals surface area (Å²) in [5.41, 5.74) is -0.592. The fourth-order valence-electron chi connectivity index (χ4n) is 1.74. The highest BCUT2D eigenvalue weighted by Gasteiger charge is 2.31. The van der Waals surface area contributed by atoms with E-state index >= 15 is 0 Å². The number of alkyl halides is 3. The molecule has 2 rings (SSSR count). The summed E-state index contributed by atoms with van der Waals surface area (Å²) in [7, 11) is 0. The van der Waals surface area contributed by atoms with Crippen molar-refractivity contribution in [2.24, 2.45) is 0 Å². The Hall–Kier alpha value is -2.18. The molecule has 0 aromatic carbocycles. The zero-order valence-corrected chi connectivity index (χ0v) is 10.7. The fraction of sp³-hybridized carbons (Fsp3) is 0.308. The summed E-state index contributed by atoms with van der Waals surface area (Å²) >= 11 is 0. The van der Waals surface area contributed by atoms with Crippen molar-refractivity contribution in [3.8, 4) is 0 Å². The average Bonchev–Trinajstić information content (AvgIpc) is 2.86. The van der Waals surface area contributed by atoms with Crippen LogP contribution < -0.4 is 0 Å². The van der Waals surface area contributed by atoms with E-state index in [0.717, 1.165) is 18.6 Å². The van der Waals surface area contributed by atoms with Gasteiger partial charge >= 0.3 is 6.18 Å². The molecule has 0 saturated heterocycles. The third-order valence-corrected chi connectivity index (χ3v) is 2.71. The summed E-state index contributed by atoms with van der Waals surface area (Å²) in [6, 6.07) is 3.45. The van der Waals surface area contributed by atoms with E-state index in [9.17, 15) is 18.0 Å². The second kappa shape index (κ2) is 5.44. The minimum Gasteiger partial charge on any atom is -0.285 e. The second-order valence-corrected chi connectivity index (χ2v) is 4.20. The highest BCUT2D eigenvalue weighted by atomic mass is 19.4. The van der Waals surface area contributed by atoms with Gasteiger partial charge in [-0.05, 0) is 24.6 Å². The van der Waals surface area contributed by atoms with Crippen LogP contribution in [0.3, 0.4) is 0 Å². The first-order chi connectivity index (χ1) is 9.43. The molecule has 2 heterocycles. The summed E-state index contributed by atoms with van der Waals surface area (Å²) in [5.74, 6) is -0.440. The standard InChI is InChI=1S/C13H12F3N3O/c1-2-7-19-11(5-6-18-19)12(20)10-4-3-9(8-17-10)13(14,15)16/h3-6,8H,2,7H2,1H3. The van der Waals surface area contributed by atoms with Gasteiger partial charge in [0.15, 0.2) is 0 Å². The van der Waals surface area contributed by atoms with Crippen LogP contribution in [0.15, 0.2) is 30.6 Å². The highest BCUT2D eigenvalue weighted by molar-refractivity contribution is 6.06. The molecule has 0 N–H and O–H groups in total.